The molecule has 0 unspecified atom stereocenters. The minimum Gasteiger partial charge on any atom is -0.496 e. The van der Waals surface area contributed by atoms with Crippen molar-refractivity contribution < 1.29 is 4.74 Å². The van der Waals surface area contributed by atoms with Crippen molar-refractivity contribution in [2.24, 2.45) is 0 Å². The minimum absolute atomic E-state index is 0.695. The summed E-state index contributed by atoms with van der Waals surface area (Å²) in [7, 11) is 1.67. The molecule has 2 rings (SSSR count). The summed E-state index contributed by atoms with van der Waals surface area (Å²) in [6.07, 6.45) is 3.26. The van der Waals surface area contributed by atoms with Gasteiger partial charge in [0, 0.05) is 42.1 Å². The normalized spacial score (nSPS) is 10.8. The molecule has 0 amide bonds. The average Bonchev–Trinajstić information content (AvgIpc) is 2.88. The molecule has 3 nitrogen and oxygen atoms in total. The summed E-state index contributed by atoms with van der Waals surface area (Å²) in [5, 5.41) is 4.17. The van der Waals surface area contributed by atoms with Gasteiger partial charge >= 0.3 is 0 Å². The summed E-state index contributed by atoms with van der Waals surface area (Å²) in [6.45, 7) is 4.76. The van der Waals surface area contributed by atoms with Crippen molar-refractivity contribution >= 4 is 11.6 Å². The number of aryl methyl sites for hydroxylation is 1. The van der Waals surface area contributed by atoms with E-state index in [2.05, 4.69) is 35.1 Å². The Morgan fingerprint density at radius 3 is 2.80 bits per heavy atom. The first kappa shape index (κ1) is 14.9. The third kappa shape index (κ3) is 3.56. The van der Waals surface area contributed by atoms with Crippen LogP contribution in [0.25, 0.3) is 0 Å². The summed E-state index contributed by atoms with van der Waals surface area (Å²) in [4.78, 5) is 0. The molecule has 1 N–H and O–H groups in total. The molecule has 0 aliphatic rings. The van der Waals surface area contributed by atoms with Gasteiger partial charge in [-0.1, -0.05) is 24.6 Å². The highest BCUT2D eigenvalue weighted by Gasteiger charge is 2.07. The van der Waals surface area contributed by atoms with Crippen LogP contribution in [0, 0.1) is 0 Å². The second kappa shape index (κ2) is 7.36. The van der Waals surface area contributed by atoms with Crippen LogP contribution in [-0.2, 0) is 19.6 Å². The van der Waals surface area contributed by atoms with Gasteiger partial charge in [0.05, 0.1) is 7.11 Å². The smallest absolute Gasteiger partial charge is 0.124 e. The van der Waals surface area contributed by atoms with Crippen molar-refractivity contribution in [2.45, 2.75) is 33.0 Å². The van der Waals surface area contributed by atoms with Gasteiger partial charge in [0.1, 0.15) is 5.75 Å². The molecule has 0 radical (unpaired) electrons. The van der Waals surface area contributed by atoms with Gasteiger partial charge < -0.3 is 14.6 Å². The van der Waals surface area contributed by atoms with Crippen molar-refractivity contribution in [3.63, 3.8) is 0 Å². The maximum atomic E-state index is 6.22. The van der Waals surface area contributed by atoms with Crippen LogP contribution in [0.1, 0.15) is 24.6 Å². The highest BCUT2D eigenvalue weighted by atomic mass is 35.5. The van der Waals surface area contributed by atoms with E-state index in [4.69, 9.17) is 16.3 Å². The maximum absolute atomic E-state index is 6.22. The van der Waals surface area contributed by atoms with Gasteiger partial charge in [-0.3, -0.25) is 0 Å². The molecule has 20 heavy (non-hydrogen) atoms. The molecule has 2 aromatic rings. The van der Waals surface area contributed by atoms with E-state index in [-0.39, 0.29) is 0 Å². The lowest BCUT2D eigenvalue weighted by Crippen LogP contribution is -2.16. The van der Waals surface area contributed by atoms with Crippen LogP contribution in [0.15, 0.2) is 36.5 Å². The van der Waals surface area contributed by atoms with Crippen molar-refractivity contribution in [3.05, 3.63) is 52.8 Å². The SMILES string of the molecule is CCCn1cccc1CNCc1c(Cl)cccc1OC. The standard InChI is InChI=1S/C16H21ClN2O/c1-3-9-19-10-5-6-13(19)11-18-12-14-15(17)7-4-8-16(14)20-2/h4-8,10,18H,3,9,11-12H2,1-2H3. The molecule has 0 aliphatic carbocycles. The van der Waals surface area contributed by atoms with Gasteiger partial charge in [-0.05, 0) is 30.7 Å². The number of halogens is 1. The second-order valence-electron chi connectivity index (χ2n) is 4.72. The summed E-state index contributed by atoms with van der Waals surface area (Å²) >= 11 is 6.22. The summed E-state index contributed by atoms with van der Waals surface area (Å²) in [5.74, 6) is 0.828. The Labute approximate surface area is 125 Å². The molecule has 1 aromatic heterocycles. The number of aromatic nitrogens is 1. The van der Waals surface area contributed by atoms with Crippen molar-refractivity contribution in [2.75, 3.05) is 7.11 Å². The number of rotatable bonds is 7. The second-order valence-corrected chi connectivity index (χ2v) is 5.12. The van der Waals surface area contributed by atoms with Crippen molar-refractivity contribution in [1.29, 1.82) is 0 Å². The number of ether oxygens (including phenoxy) is 1. The van der Waals surface area contributed by atoms with Gasteiger partial charge in [0.2, 0.25) is 0 Å². The summed E-state index contributed by atoms with van der Waals surface area (Å²) in [6, 6.07) is 9.95. The minimum atomic E-state index is 0.695. The fourth-order valence-corrected chi connectivity index (χ4v) is 2.52. The number of benzene rings is 1. The molecule has 1 aromatic carbocycles. The molecule has 0 aliphatic heterocycles. The van der Waals surface area contributed by atoms with E-state index >= 15 is 0 Å². The van der Waals surface area contributed by atoms with E-state index < -0.39 is 0 Å². The van der Waals surface area contributed by atoms with E-state index in [1.165, 1.54) is 5.69 Å². The molecule has 0 saturated carbocycles. The van der Waals surface area contributed by atoms with Gasteiger partial charge in [0.25, 0.3) is 0 Å². The van der Waals surface area contributed by atoms with Crippen LogP contribution >= 0.6 is 11.6 Å². The van der Waals surface area contributed by atoms with Gasteiger partial charge in [-0.2, -0.15) is 0 Å². The van der Waals surface area contributed by atoms with Gasteiger partial charge in [-0.25, -0.2) is 0 Å². The van der Waals surface area contributed by atoms with Gasteiger partial charge in [-0.15, -0.1) is 0 Å². The number of nitrogens with one attached hydrogen (secondary N) is 1. The maximum Gasteiger partial charge on any atom is 0.124 e. The monoisotopic (exact) mass is 292 g/mol. The molecule has 0 saturated heterocycles. The third-order valence-electron chi connectivity index (χ3n) is 3.29. The molecule has 0 spiro atoms. The van der Waals surface area contributed by atoms with Gasteiger partial charge in [0.15, 0.2) is 0 Å². The highest BCUT2D eigenvalue weighted by molar-refractivity contribution is 6.31. The first-order chi connectivity index (χ1) is 9.76. The van der Waals surface area contributed by atoms with E-state index in [9.17, 15) is 0 Å². The van der Waals surface area contributed by atoms with Crippen molar-refractivity contribution in [1.82, 2.24) is 9.88 Å². The highest BCUT2D eigenvalue weighted by Crippen LogP contribution is 2.25. The molecular weight excluding hydrogens is 272 g/mol. The number of methoxy groups -OCH3 is 1. The average molecular weight is 293 g/mol. The van der Waals surface area contributed by atoms with E-state index in [0.29, 0.717) is 6.54 Å². The van der Waals surface area contributed by atoms with Crippen LogP contribution in [0.3, 0.4) is 0 Å². The Morgan fingerprint density at radius 1 is 1.20 bits per heavy atom. The molecule has 0 fully saturated rings. The lowest BCUT2D eigenvalue weighted by Gasteiger charge is -2.12. The quantitative estimate of drug-likeness (QED) is 0.839. The zero-order chi connectivity index (χ0) is 14.4. The van der Waals surface area contributed by atoms with Crippen LogP contribution < -0.4 is 10.1 Å². The Balaban J connectivity index is 1.98. The van der Waals surface area contributed by atoms with E-state index in [1.807, 2.05) is 18.2 Å². The zero-order valence-electron chi connectivity index (χ0n) is 12.0. The first-order valence-corrected chi connectivity index (χ1v) is 7.30. The Morgan fingerprint density at radius 2 is 2.05 bits per heavy atom. The Hall–Kier alpha value is -1.45. The Kier molecular flexibility index (Phi) is 5.50. The predicted octanol–water partition coefficient (Wildman–Crippen LogP) is 3.85. The third-order valence-corrected chi connectivity index (χ3v) is 3.65. The van der Waals surface area contributed by atoms with E-state index in [0.717, 1.165) is 35.8 Å². The summed E-state index contributed by atoms with van der Waals surface area (Å²) in [5.41, 5.74) is 2.29. The number of hydrogen-bond acceptors (Lipinski definition) is 2. The fourth-order valence-electron chi connectivity index (χ4n) is 2.29. The predicted molar refractivity (Wildman–Crippen MR) is 83.3 cm³/mol. The molecule has 0 atom stereocenters. The molecule has 108 valence electrons. The Bertz CT molecular complexity index is 551. The fraction of sp³-hybridized carbons (Fsp3) is 0.375. The summed E-state index contributed by atoms with van der Waals surface area (Å²) < 4.78 is 7.62. The van der Waals surface area contributed by atoms with Crippen LogP contribution in [0.2, 0.25) is 5.02 Å². The van der Waals surface area contributed by atoms with E-state index in [1.54, 1.807) is 7.11 Å². The topological polar surface area (TPSA) is 26.2 Å². The lowest BCUT2D eigenvalue weighted by molar-refractivity contribution is 0.407. The first-order valence-electron chi connectivity index (χ1n) is 6.92. The molecule has 1 heterocycles. The largest absolute Gasteiger partial charge is 0.496 e. The molecular formula is C16H21ClN2O. The molecule has 0 bridgehead atoms. The van der Waals surface area contributed by atoms with Crippen molar-refractivity contribution in [3.8, 4) is 5.75 Å². The van der Waals surface area contributed by atoms with Crippen LogP contribution in [0.5, 0.6) is 5.75 Å². The van der Waals surface area contributed by atoms with Crippen LogP contribution in [-0.4, -0.2) is 11.7 Å². The lowest BCUT2D eigenvalue weighted by atomic mass is 10.2. The molecule has 4 heteroatoms. The zero-order valence-corrected chi connectivity index (χ0v) is 12.8. The number of nitrogens with zero attached hydrogens (tertiary/aromatic N) is 1. The number of hydrogen-bond donors (Lipinski definition) is 1. The van der Waals surface area contributed by atoms with Crippen LogP contribution in [0.4, 0.5) is 0 Å².